The number of oxazole rings is 1. The molecule has 3 rings (SSSR count). The number of amides is 2. The fraction of sp³-hybridized carbons (Fsp3) is 0.150. The molecule has 0 radical (unpaired) electrons. The molecule has 0 aliphatic rings. The zero-order chi connectivity index (χ0) is 19.9. The van der Waals surface area contributed by atoms with Crippen molar-refractivity contribution in [1.29, 1.82) is 0 Å². The van der Waals surface area contributed by atoms with Gasteiger partial charge in [0.05, 0.1) is 23.4 Å². The van der Waals surface area contributed by atoms with Gasteiger partial charge in [-0.1, -0.05) is 29.8 Å². The molecule has 0 saturated heterocycles. The van der Waals surface area contributed by atoms with Crippen LogP contribution in [0.25, 0.3) is 11.5 Å². The van der Waals surface area contributed by atoms with Gasteiger partial charge < -0.3 is 19.8 Å². The minimum atomic E-state index is -0.575. The molecule has 1 heterocycles. The van der Waals surface area contributed by atoms with E-state index in [0.717, 1.165) is 11.3 Å². The number of rotatable bonds is 6. The minimum absolute atomic E-state index is 0.179. The molecule has 0 spiro atoms. The van der Waals surface area contributed by atoms with Gasteiger partial charge in [-0.3, -0.25) is 0 Å². The Morgan fingerprint density at radius 3 is 2.71 bits per heavy atom. The van der Waals surface area contributed by atoms with E-state index in [4.69, 9.17) is 16.0 Å². The Bertz CT molecular complexity index is 973. The predicted molar refractivity (Wildman–Crippen MR) is 105 cm³/mol. The summed E-state index contributed by atoms with van der Waals surface area (Å²) >= 11 is 5.96. The second-order valence-corrected chi connectivity index (χ2v) is 6.23. The van der Waals surface area contributed by atoms with Crippen LogP contribution in [-0.4, -0.2) is 30.6 Å². The second-order valence-electron chi connectivity index (χ2n) is 5.83. The van der Waals surface area contributed by atoms with Gasteiger partial charge in [0.1, 0.15) is 6.26 Å². The molecular formula is C20H18ClN3O4. The van der Waals surface area contributed by atoms with Crippen molar-refractivity contribution in [2.75, 3.05) is 19.0 Å². The molecule has 1 aromatic heterocycles. The quantitative estimate of drug-likeness (QED) is 0.607. The maximum atomic E-state index is 12.0. The van der Waals surface area contributed by atoms with Crippen molar-refractivity contribution in [1.82, 2.24) is 10.3 Å². The summed E-state index contributed by atoms with van der Waals surface area (Å²) in [7, 11) is 1.26. The largest absolute Gasteiger partial charge is 0.465 e. The molecule has 2 amide bonds. The lowest BCUT2D eigenvalue weighted by molar-refractivity contribution is 0.0601. The Morgan fingerprint density at radius 2 is 1.96 bits per heavy atom. The number of carbonyl (C=O) groups excluding carboxylic acids is 2. The second kappa shape index (κ2) is 9.05. The standard InChI is InChI=1S/C20H18ClN3O4/c1-27-19(25)16-11-14(7-8-17(16)21)24-20(26)22-10-9-15-12-28-18(23-15)13-5-3-2-4-6-13/h2-8,11-12H,9-10H2,1H3,(H2,22,24,26). The van der Waals surface area contributed by atoms with Crippen molar-refractivity contribution in [3.8, 4) is 11.5 Å². The molecule has 28 heavy (non-hydrogen) atoms. The number of hydrogen-bond acceptors (Lipinski definition) is 5. The van der Waals surface area contributed by atoms with Gasteiger partial charge in [-0.15, -0.1) is 0 Å². The van der Waals surface area contributed by atoms with E-state index in [9.17, 15) is 9.59 Å². The van der Waals surface area contributed by atoms with Crippen LogP contribution in [0.1, 0.15) is 16.1 Å². The highest BCUT2D eigenvalue weighted by Gasteiger charge is 2.12. The zero-order valence-electron chi connectivity index (χ0n) is 15.1. The SMILES string of the molecule is COC(=O)c1cc(NC(=O)NCCc2coc(-c3ccccc3)n2)ccc1Cl. The Morgan fingerprint density at radius 1 is 1.18 bits per heavy atom. The molecular weight excluding hydrogens is 382 g/mol. The Kier molecular flexibility index (Phi) is 6.29. The molecule has 0 aliphatic heterocycles. The van der Waals surface area contributed by atoms with Crippen LogP contribution in [-0.2, 0) is 11.2 Å². The van der Waals surface area contributed by atoms with Crippen molar-refractivity contribution in [2.45, 2.75) is 6.42 Å². The van der Waals surface area contributed by atoms with E-state index in [1.54, 1.807) is 12.3 Å². The van der Waals surface area contributed by atoms with Gasteiger partial charge in [0.25, 0.3) is 0 Å². The van der Waals surface area contributed by atoms with Crippen LogP contribution >= 0.6 is 11.6 Å². The smallest absolute Gasteiger partial charge is 0.339 e. The number of benzene rings is 2. The highest BCUT2D eigenvalue weighted by atomic mass is 35.5. The lowest BCUT2D eigenvalue weighted by atomic mass is 10.2. The fourth-order valence-corrected chi connectivity index (χ4v) is 2.68. The number of nitrogens with one attached hydrogen (secondary N) is 2. The summed E-state index contributed by atoms with van der Waals surface area (Å²) in [6.07, 6.45) is 2.08. The Labute approximate surface area is 166 Å². The summed E-state index contributed by atoms with van der Waals surface area (Å²) in [5.41, 5.74) is 2.23. The number of carbonyl (C=O) groups is 2. The van der Waals surface area contributed by atoms with E-state index in [-0.39, 0.29) is 10.6 Å². The molecule has 8 heteroatoms. The highest BCUT2D eigenvalue weighted by molar-refractivity contribution is 6.33. The predicted octanol–water partition coefficient (Wildman–Crippen LogP) is 4.15. The van der Waals surface area contributed by atoms with E-state index in [2.05, 4.69) is 20.4 Å². The molecule has 7 nitrogen and oxygen atoms in total. The molecule has 2 N–H and O–H groups in total. The number of methoxy groups -OCH3 is 1. The van der Waals surface area contributed by atoms with Crippen LogP contribution in [0.3, 0.4) is 0 Å². The van der Waals surface area contributed by atoms with Crippen molar-refractivity contribution in [3.63, 3.8) is 0 Å². The third-order valence-electron chi connectivity index (χ3n) is 3.87. The summed E-state index contributed by atoms with van der Waals surface area (Å²) < 4.78 is 10.1. The number of halogens is 1. The third-order valence-corrected chi connectivity index (χ3v) is 4.20. The lowest BCUT2D eigenvalue weighted by Crippen LogP contribution is -2.30. The Balaban J connectivity index is 1.51. The van der Waals surface area contributed by atoms with Crippen LogP contribution in [0.15, 0.2) is 59.2 Å². The van der Waals surface area contributed by atoms with Crippen molar-refractivity contribution in [3.05, 3.63) is 71.1 Å². The molecule has 2 aromatic carbocycles. The number of aromatic nitrogens is 1. The van der Waals surface area contributed by atoms with Crippen LogP contribution in [0, 0.1) is 0 Å². The van der Waals surface area contributed by atoms with Gasteiger partial charge in [0.15, 0.2) is 0 Å². The minimum Gasteiger partial charge on any atom is -0.465 e. The number of urea groups is 1. The summed E-state index contributed by atoms with van der Waals surface area (Å²) in [4.78, 5) is 28.1. The van der Waals surface area contributed by atoms with Crippen LogP contribution in [0.4, 0.5) is 10.5 Å². The summed E-state index contributed by atoms with van der Waals surface area (Å²) in [6.45, 7) is 0.365. The van der Waals surface area contributed by atoms with Gasteiger partial charge in [0, 0.05) is 24.2 Å². The first-order chi connectivity index (χ1) is 13.6. The monoisotopic (exact) mass is 399 g/mol. The lowest BCUT2D eigenvalue weighted by Gasteiger charge is -2.09. The van der Waals surface area contributed by atoms with Crippen molar-refractivity contribution in [2.24, 2.45) is 0 Å². The van der Waals surface area contributed by atoms with Gasteiger partial charge in [0.2, 0.25) is 5.89 Å². The molecule has 0 fully saturated rings. The van der Waals surface area contributed by atoms with E-state index in [1.807, 2.05) is 30.3 Å². The van der Waals surface area contributed by atoms with Gasteiger partial charge in [-0.05, 0) is 30.3 Å². The van der Waals surface area contributed by atoms with Crippen LogP contribution < -0.4 is 10.6 Å². The van der Waals surface area contributed by atoms with E-state index in [0.29, 0.717) is 24.5 Å². The van der Waals surface area contributed by atoms with E-state index >= 15 is 0 Å². The van der Waals surface area contributed by atoms with Crippen molar-refractivity contribution < 1.29 is 18.7 Å². The van der Waals surface area contributed by atoms with Crippen LogP contribution in [0.2, 0.25) is 5.02 Å². The first-order valence-corrected chi connectivity index (χ1v) is 8.87. The Hall–Kier alpha value is -3.32. The molecule has 0 aliphatic carbocycles. The van der Waals surface area contributed by atoms with E-state index < -0.39 is 12.0 Å². The number of nitrogens with zero attached hydrogens (tertiary/aromatic N) is 1. The molecule has 0 atom stereocenters. The molecule has 0 bridgehead atoms. The van der Waals surface area contributed by atoms with Gasteiger partial charge in [-0.2, -0.15) is 0 Å². The van der Waals surface area contributed by atoms with Crippen molar-refractivity contribution >= 4 is 29.3 Å². The molecule has 0 unspecified atom stereocenters. The number of esters is 1. The number of hydrogen-bond donors (Lipinski definition) is 2. The maximum absolute atomic E-state index is 12.0. The molecule has 0 saturated carbocycles. The number of ether oxygens (including phenoxy) is 1. The summed E-state index contributed by atoms with van der Waals surface area (Å²) in [6, 6.07) is 13.7. The zero-order valence-corrected chi connectivity index (χ0v) is 15.8. The van der Waals surface area contributed by atoms with Gasteiger partial charge >= 0.3 is 12.0 Å². The first-order valence-electron chi connectivity index (χ1n) is 8.49. The number of anilines is 1. The summed E-state index contributed by atoms with van der Waals surface area (Å²) in [5, 5.41) is 5.62. The molecule has 144 valence electrons. The summed E-state index contributed by atoms with van der Waals surface area (Å²) in [5.74, 6) is -0.0362. The fourth-order valence-electron chi connectivity index (χ4n) is 2.48. The third kappa shape index (κ3) is 4.89. The highest BCUT2D eigenvalue weighted by Crippen LogP contribution is 2.21. The molecule has 3 aromatic rings. The average Bonchev–Trinajstić information content (AvgIpc) is 3.18. The van der Waals surface area contributed by atoms with Crippen LogP contribution in [0.5, 0.6) is 0 Å². The average molecular weight is 400 g/mol. The van der Waals surface area contributed by atoms with E-state index in [1.165, 1.54) is 19.2 Å². The maximum Gasteiger partial charge on any atom is 0.339 e. The topological polar surface area (TPSA) is 93.5 Å². The van der Waals surface area contributed by atoms with Gasteiger partial charge in [-0.25, -0.2) is 14.6 Å². The normalized spacial score (nSPS) is 10.4. The first kappa shape index (κ1) is 19.4.